The smallest absolute Gasteiger partial charge is 0.136 e. The third kappa shape index (κ3) is 2.02. The van der Waals surface area contributed by atoms with E-state index in [1.165, 1.54) is 18.4 Å². The number of carbonyl (C=O) groups excluding carboxylic acids is 1. The van der Waals surface area contributed by atoms with Crippen molar-refractivity contribution in [3.05, 3.63) is 12.2 Å². The Morgan fingerprint density at radius 2 is 2.07 bits per heavy atom. The standard InChI is InChI=1S/C14H22O/c1-9(2)11-6-7-14(15)12-5-4-10(3)8-13(11)12/h10-13H,1,4-8H2,2-3H3/t10-,11-,12+,13-/m0/s1. The van der Waals surface area contributed by atoms with Crippen molar-refractivity contribution in [3.63, 3.8) is 0 Å². The first-order chi connectivity index (χ1) is 7.09. The Balaban J connectivity index is 2.17. The number of rotatable bonds is 1. The molecule has 0 aromatic heterocycles. The van der Waals surface area contributed by atoms with Gasteiger partial charge in [0, 0.05) is 12.3 Å². The highest BCUT2D eigenvalue weighted by molar-refractivity contribution is 5.82. The normalized spacial score (nSPS) is 41.1. The van der Waals surface area contributed by atoms with Crippen molar-refractivity contribution < 1.29 is 4.79 Å². The minimum absolute atomic E-state index is 0.372. The maximum atomic E-state index is 11.9. The summed E-state index contributed by atoms with van der Waals surface area (Å²) in [5, 5.41) is 0. The zero-order chi connectivity index (χ0) is 11.0. The number of allylic oxidation sites excluding steroid dienone is 1. The van der Waals surface area contributed by atoms with Crippen molar-refractivity contribution in [3.8, 4) is 0 Å². The molecule has 84 valence electrons. The fraction of sp³-hybridized carbons (Fsp3) is 0.786. The van der Waals surface area contributed by atoms with E-state index < -0.39 is 0 Å². The topological polar surface area (TPSA) is 17.1 Å². The number of carbonyl (C=O) groups is 1. The van der Waals surface area contributed by atoms with Crippen LogP contribution in [0.4, 0.5) is 0 Å². The van der Waals surface area contributed by atoms with Gasteiger partial charge in [-0.05, 0) is 43.9 Å². The quantitative estimate of drug-likeness (QED) is 0.599. The molecule has 4 atom stereocenters. The second-order valence-corrected chi connectivity index (χ2v) is 5.65. The molecule has 0 bridgehead atoms. The minimum atomic E-state index is 0.372. The van der Waals surface area contributed by atoms with Gasteiger partial charge in [0.2, 0.25) is 0 Å². The van der Waals surface area contributed by atoms with Crippen molar-refractivity contribution in [1.82, 2.24) is 0 Å². The predicted octanol–water partition coefficient (Wildman–Crippen LogP) is 3.59. The molecule has 0 unspecified atom stereocenters. The van der Waals surface area contributed by atoms with Crippen LogP contribution in [0.1, 0.15) is 46.0 Å². The Labute approximate surface area is 92.9 Å². The van der Waals surface area contributed by atoms with Gasteiger partial charge in [-0.15, -0.1) is 0 Å². The average molecular weight is 206 g/mol. The molecule has 0 N–H and O–H groups in total. The summed E-state index contributed by atoms with van der Waals surface area (Å²) in [6.45, 7) is 8.57. The highest BCUT2D eigenvalue weighted by Crippen LogP contribution is 2.46. The van der Waals surface area contributed by atoms with Gasteiger partial charge in [-0.25, -0.2) is 0 Å². The molecule has 0 radical (unpaired) electrons. The summed E-state index contributed by atoms with van der Waals surface area (Å²) in [5.74, 6) is 2.95. The highest BCUT2D eigenvalue weighted by atomic mass is 16.1. The molecule has 2 rings (SSSR count). The third-order valence-corrected chi connectivity index (χ3v) is 4.43. The summed E-state index contributed by atoms with van der Waals surface area (Å²) >= 11 is 0. The first-order valence-electron chi connectivity index (χ1n) is 6.27. The van der Waals surface area contributed by atoms with Crippen LogP contribution in [0.2, 0.25) is 0 Å². The Morgan fingerprint density at radius 1 is 1.33 bits per heavy atom. The molecule has 15 heavy (non-hydrogen) atoms. The fourth-order valence-electron chi connectivity index (χ4n) is 3.58. The highest BCUT2D eigenvalue weighted by Gasteiger charge is 2.41. The number of hydrogen-bond donors (Lipinski definition) is 0. The Morgan fingerprint density at radius 3 is 2.73 bits per heavy atom. The van der Waals surface area contributed by atoms with Gasteiger partial charge < -0.3 is 0 Å². The van der Waals surface area contributed by atoms with E-state index in [1.807, 2.05) is 0 Å². The second-order valence-electron chi connectivity index (χ2n) is 5.65. The molecule has 2 aliphatic carbocycles. The van der Waals surface area contributed by atoms with Crippen LogP contribution in [-0.4, -0.2) is 5.78 Å². The lowest BCUT2D eigenvalue weighted by Crippen LogP contribution is -2.39. The first-order valence-corrected chi connectivity index (χ1v) is 6.27. The summed E-state index contributed by atoms with van der Waals surface area (Å²) < 4.78 is 0. The molecule has 0 aromatic rings. The molecule has 0 spiro atoms. The lowest BCUT2D eigenvalue weighted by Gasteiger charge is -2.42. The molecule has 2 saturated carbocycles. The number of fused-ring (bicyclic) bond motifs is 1. The van der Waals surface area contributed by atoms with Gasteiger partial charge in [-0.1, -0.05) is 25.5 Å². The molecule has 2 fully saturated rings. The van der Waals surface area contributed by atoms with Crippen LogP contribution in [0.5, 0.6) is 0 Å². The van der Waals surface area contributed by atoms with E-state index in [0.717, 1.165) is 25.2 Å². The van der Waals surface area contributed by atoms with Crippen LogP contribution in [-0.2, 0) is 4.79 Å². The summed E-state index contributed by atoms with van der Waals surface area (Å²) in [5.41, 5.74) is 1.30. The van der Waals surface area contributed by atoms with E-state index in [4.69, 9.17) is 0 Å². The second kappa shape index (κ2) is 4.11. The van der Waals surface area contributed by atoms with E-state index >= 15 is 0 Å². The van der Waals surface area contributed by atoms with E-state index in [0.29, 0.717) is 23.5 Å². The summed E-state index contributed by atoms with van der Waals surface area (Å²) in [7, 11) is 0. The molecular formula is C14H22O. The summed E-state index contributed by atoms with van der Waals surface area (Å²) in [4.78, 5) is 11.9. The number of Topliss-reactive ketones (excluding diaryl/α,β-unsaturated/α-hetero) is 1. The van der Waals surface area contributed by atoms with Gasteiger partial charge in [0.15, 0.2) is 0 Å². The summed E-state index contributed by atoms with van der Waals surface area (Å²) in [6, 6.07) is 0. The van der Waals surface area contributed by atoms with Gasteiger partial charge in [0.25, 0.3) is 0 Å². The Bertz CT molecular complexity index is 277. The molecule has 1 nitrogen and oxygen atoms in total. The van der Waals surface area contributed by atoms with Crippen molar-refractivity contribution in [2.24, 2.45) is 23.7 Å². The lowest BCUT2D eigenvalue weighted by molar-refractivity contribution is -0.130. The van der Waals surface area contributed by atoms with E-state index in [1.54, 1.807) is 0 Å². The summed E-state index contributed by atoms with van der Waals surface area (Å²) in [6.07, 6.45) is 5.48. The number of ketones is 1. The molecule has 0 aromatic carbocycles. The zero-order valence-electron chi connectivity index (χ0n) is 9.96. The van der Waals surface area contributed by atoms with E-state index in [9.17, 15) is 4.79 Å². The van der Waals surface area contributed by atoms with Crippen LogP contribution < -0.4 is 0 Å². The minimum Gasteiger partial charge on any atom is -0.299 e. The van der Waals surface area contributed by atoms with Crippen LogP contribution in [0, 0.1) is 23.7 Å². The molecule has 2 aliphatic rings. The van der Waals surface area contributed by atoms with Crippen LogP contribution in [0.25, 0.3) is 0 Å². The van der Waals surface area contributed by atoms with Crippen LogP contribution in [0.3, 0.4) is 0 Å². The van der Waals surface area contributed by atoms with Crippen molar-refractivity contribution in [2.75, 3.05) is 0 Å². The molecule has 0 amide bonds. The third-order valence-electron chi connectivity index (χ3n) is 4.43. The average Bonchev–Trinajstić information content (AvgIpc) is 2.17. The van der Waals surface area contributed by atoms with Crippen molar-refractivity contribution in [2.45, 2.75) is 46.0 Å². The van der Waals surface area contributed by atoms with E-state index in [2.05, 4.69) is 20.4 Å². The van der Waals surface area contributed by atoms with Gasteiger partial charge in [-0.3, -0.25) is 4.79 Å². The predicted molar refractivity (Wildman–Crippen MR) is 62.5 cm³/mol. The first kappa shape index (κ1) is 10.9. The van der Waals surface area contributed by atoms with Crippen LogP contribution >= 0.6 is 0 Å². The van der Waals surface area contributed by atoms with Gasteiger partial charge in [-0.2, -0.15) is 0 Å². The van der Waals surface area contributed by atoms with Gasteiger partial charge in [0.1, 0.15) is 5.78 Å². The molecule has 0 heterocycles. The monoisotopic (exact) mass is 206 g/mol. The fourth-order valence-corrected chi connectivity index (χ4v) is 3.58. The maximum Gasteiger partial charge on any atom is 0.136 e. The van der Waals surface area contributed by atoms with E-state index in [-0.39, 0.29) is 0 Å². The molecule has 0 saturated heterocycles. The maximum absolute atomic E-state index is 11.9. The largest absolute Gasteiger partial charge is 0.299 e. The number of hydrogen-bond acceptors (Lipinski definition) is 1. The SMILES string of the molecule is C=C(C)[C@@H]1CCC(=O)[C@@H]2CC[C@H](C)C[C@@H]12. The van der Waals surface area contributed by atoms with Gasteiger partial charge >= 0.3 is 0 Å². The molecule has 0 aliphatic heterocycles. The van der Waals surface area contributed by atoms with Crippen LogP contribution in [0.15, 0.2) is 12.2 Å². The zero-order valence-corrected chi connectivity index (χ0v) is 9.96. The molecular weight excluding hydrogens is 184 g/mol. The Kier molecular flexibility index (Phi) is 2.99. The lowest BCUT2D eigenvalue weighted by atomic mass is 9.61. The van der Waals surface area contributed by atoms with Crippen molar-refractivity contribution in [1.29, 1.82) is 0 Å². The van der Waals surface area contributed by atoms with Crippen molar-refractivity contribution >= 4 is 5.78 Å². The van der Waals surface area contributed by atoms with Gasteiger partial charge in [0.05, 0.1) is 0 Å². The Hall–Kier alpha value is -0.590. The molecule has 1 heteroatoms.